The Morgan fingerprint density at radius 1 is 1.50 bits per heavy atom. The maximum absolute atomic E-state index is 10.3. The average molecular weight is 225 g/mol. The van der Waals surface area contributed by atoms with E-state index in [1.54, 1.807) is 0 Å². The van der Waals surface area contributed by atoms with E-state index >= 15 is 0 Å². The lowest BCUT2D eigenvalue weighted by atomic mass is 9.76. The third-order valence-electron chi connectivity index (χ3n) is 3.68. The Balaban J connectivity index is 2.06. The predicted molar refractivity (Wildman–Crippen MR) is 57.7 cm³/mol. The number of aliphatic hydroxyl groups excluding tert-OH is 1. The van der Waals surface area contributed by atoms with E-state index in [0.717, 1.165) is 19.3 Å². The van der Waals surface area contributed by atoms with Crippen molar-refractivity contribution in [2.45, 2.75) is 50.9 Å². The van der Waals surface area contributed by atoms with Crippen molar-refractivity contribution in [3.8, 4) is 6.07 Å². The van der Waals surface area contributed by atoms with Gasteiger partial charge in [-0.1, -0.05) is 0 Å². The van der Waals surface area contributed by atoms with Gasteiger partial charge in [0.2, 0.25) is 0 Å². The Labute approximate surface area is 96.2 Å². The Bertz CT molecular complexity index is 280. The molecule has 4 unspecified atom stereocenters. The minimum atomic E-state index is -0.757. The Hall–Kier alpha value is -0.630. The molecule has 2 saturated heterocycles. The molecule has 0 aliphatic carbocycles. The second-order valence-corrected chi connectivity index (χ2v) is 4.93. The van der Waals surface area contributed by atoms with Crippen LogP contribution in [-0.2, 0) is 9.47 Å². The molecule has 2 fully saturated rings. The topological polar surface area (TPSA) is 62.5 Å². The van der Waals surface area contributed by atoms with Crippen LogP contribution in [0.4, 0.5) is 0 Å². The Morgan fingerprint density at radius 2 is 2.31 bits per heavy atom. The molecule has 2 rings (SSSR count). The summed E-state index contributed by atoms with van der Waals surface area (Å²) < 4.78 is 11.0. The van der Waals surface area contributed by atoms with Crippen LogP contribution in [0.5, 0.6) is 0 Å². The van der Waals surface area contributed by atoms with Gasteiger partial charge in [0.15, 0.2) is 0 Å². The van der Waals surface area contributed by atoms with Crippen LogP contribution in [-0.4, -0.2) is 36.6 Å². The summed E-state index contributed by atoms with van der Waals surface area (Å²) in [5.41, 5.74) is -0.757. The number of hydrogen-bond donors (Lipinski definition) is 1. The molecule has 0 aromatic carbocycles. The number of nitrogens with zero attached hydrogens (tertiary/aromatic N) is 1. The first-order valence-electron chi connectivity index (χ1n) is 6.00. The van der Waals surface area contributed by atoms with Gasteiger partial charge in [0.1, 0.15) is 11.5 Å². The molecule has 0 aromatic rings. The monoisotopic (exact) mass is 225 g/mol. The summed E-state index contributed by atoms with van der Waals surface area (Å²) in [5.74, 6) is 0. The van der Waals surface area contributed by atoms with E-state index in [2.05, 4.69) is 6.07 Å². The Kier molecular flexibility index (Phi) is 3.48. The molecule has 2 heterocycles. The zero-order valence-corrected chi connectivity index (χ0v) is 9.69. The fourth-order valence-electron chi connectivity index (χ4n) is 2.63. The molecule has 0 radical (unpaired) electrons. The second kappa shape index (κ2) is 4.70. The molecular formula is C12H19NO3. The van der Waals surface area contributed by atoms with Gasteiger partial charge in [0, 0.05) is 6.61 Å². The van der Waals surface area contributed by atoms with Crippen molar-refractivity contribution in [1.82, 2.24) is 0 Å². The van der Waals surface area contributed by atoms with E-state index in [1.165, 1.54) is 0 Å². The van der Waals surface area contributed by atoms with E-state index in [4.69, 9.17) is 9.47 Å². The summed E-state index contributed by atoms with van der Waals surface area (Å²) in [4.78, 5) is 0. The van der Waals surface area contributed by atoms with E-state index in [1.807, 2.05) is 6.92 Å². The molecule has 4 nitrogen and oxygen atoms in total. The molecule has 2 aliphatic rings. The maximum Gasteiger partial charge on any atom is 0.109 e. The van der Waals surface area contributed by atoms with Gasteiger partial charge in [-0.05, 0) is 32.6 Å². The highest BCUT2D eigenvalue weighted by molar-refractivity contribution is 5.07. The van der Waals surface area contributed by atoms with Gasteiger partial charge in [-0.25, -0.2) is 0 Å². The lowest BCUT2D eigenvalue weighted by Gasteiger charge is -2.37. The van der Waals surface area contributed by atoms with Crippen molar-refractivity contribution in [2.75, 3.05) is 13.2 Å². The van der Waals surface area contributed by atoms with Gasteiger partial charge in [0.05, 0.1) is 24.9 Å². The molecule has 0 spiro atoms. The van der Waals surface area contributed by atoms with Crippen molar-refractivity contribution in [1.29, 1.82) is 5.26 Å². The standard InChI is InChI=1S/C12H19NO3/c1-9-3-4-10(16-9)11(14)12(7-13)5-2-6-15-8-12/h9-11,14H,2-6,8H2,1H3. The molecular weight excluding hydrogens is 206 g/mol. The number of ether oxygens (including phenoxy) is 2. The molecule has 2 aliphatic heterocycles. The first kappa shape index (κ1) is 11.8. The number of aliphatic hydroxyl groups is 1. The lowest BCUT2D eigenvalue weighted by Crippen LogP contribution is -2.47. The third-order valence-corrected chi connectivity index (χ3v) is 3.68. The van der Waals surface area contributed by atoms with Gasteiger partial charge >= 0.3 is 0 Å². The SMILES string of the molecule is CC1CCC(C(O)C2(C#N)CCCOC2)O1. The van der Waals surface area contributed by atoms with Gasteiger partial charge in [-0.2, -0.15) is 5.26 Å². The number of hydrogen-bond acceptors (Lipinski definition) is 4. The van der Waals surface area contributed by atoms with Gasteiger partial charge in [-0.15, -0.1) is 0 Å². The summed E-state index contributed by atoms with van der Waals surface area (Å²) in [6.07, 6.45) is 2.63. The van der Waals surface area contributed by atoms with Gasteiger partial charge in [0.25, 0.3) is 0 Å². The minimum absolute atomic E-state index is 0.194. The van der Waals surface area contributed by atoms with Crippen LogP contribution in [0.25, 0.3) is 0 Å². The maximum atomic E-state index is 10.3. The summed E-state index contributed by atoms with van der Waals surface area (Å²) in [6.45, 7) is 3.03. The van der Waals surface area contributed by atoms with Gasteiger partial charge in [-0.3, -0.25) is 0 Å². The normalized spacial score (nSPS) is 41.6. The molecule has 0 aromatic heterocycles. The van der Waals surface area contributed by atoms with Crippen LogP contribution in [0.1, 0.15) is 32.6 Å². The highest BCUT2D eigenvalue weighted by atomic mass is 16.5. The molecule has 4 heteroatoms. The van der Waals surface area contributed by atoms with Crippen LogP contribution in [0.15, 0.2) is 0 Å². The van der Waals surface area contributed by atoms with E-state index < -0.39 is 11.5 Å². The average Bonchev–Trinajstić information content (AvgIpc) is 2.76. The van der Waals surface area contributed by atoms with Crippen molar-refractivity contribution in [2.24, 2.45) is 5.41 Å². The van der Waals surface area contributed by atoms with Crippen LogP contribution < -0.4 is 0 Å². The van der Waals surface area contributed by atoms with Crippen molar-refractivity contribution in [3.05, 3.63) is 0 Å². The molecule has 0 bridgehead atoms. The Morgan fingerprint density at radius 3 is 2.81 bits per heavy atom. The molecule has 1 N–H and O–H groups in total. The summed E-state index contributed by atoms with van der Waals surface area (Å²) >= 11 is 0. The van der Waals surface area contributed by atoms with Gasteiger partial charge < -0.3 is 14.6 Å². The van der Waals surface area contributed by atoms with Crippen LogP contribution in [0.2, 0.25) is 0 Å². The lowest BCUT2D eigenvalue weighted by molar-refractivity contribution is -0.112. The summed E-state index contributed by atoms with van der Waals surface area (Å²) in [5, 5.41) is 19.6. The molecule has 4 atom stereocenters. The highest BCUT2D eigenvalue weighted by Crippen LogP contribution is 2.37. The second-order valence-electron chi connectivity index (χ2n) is 4.93. The van der Waals surface area contributed by atoms with Crippen LogP contribution in [0, 0.1) is 16.7 Å². The third kappa shape index (κ3) is 2.08. The van der Waals surface area contributed by atoms with E-state index in [9.17, 15) is 10.4 Å². The number of nitriles is 1. The summed E-state index contributed by atoms with van der Waals surface area (Å²) in [7, 11) is 0. The largest absolute Gasteiger partial charge is 0.389 e. The fourth-order valence-corrected chi connectivity index (χ4v) is 2.63. The first-order chi connectivity index (χ1) is 7.68. The number of rotatable bonds is 2. The smallest absolute Gasteiger partial charge is 0.109 e. The first-order valence-corrected chi connectivity index (χ1v) is 6.00. The molecule has 0 saturated carbocycles. The highest BCUT2D eigenvalue weighted by Gasteiger charge is 2.46. The van der Waals surface area contributed by atoms with E-state index in [0.29, 0.717) is 19.6 Å². The molecule has 90 valence electrons. The summed E-state index contributed by atoms with van der Waals surface area (Å²) in [6, 6.07) is 2.25. The van der Waals surface area contributed by atoms with Crippen LogP contribution >= 0.6 is 0 Å². The zero-order chi connectivity index (χ0) is 11.6. The zero-order valence-electron chi connectivity index (χ0n) is 9.69. The van der Waals surface area contributed by atoms with Crippen molar-refractivity contribution < 1.29 is 14.6 Å². The molecule has 16 heavy (non-hydrogen) atoms. The predicted octanol–water partition coefficient (Wildman–Crippen LogP) is 1.24. The van der Waals surface area contributed by atoms with Crippen molar-refractivity contribution in [3.63, 3.8) is 0 Å². The molecule has 0 amide bonds. The van der Waals surface area contributed by atoms with Crippen molar-refractivity contribution >= 4 is 0 Å². The quantitative estimate of drug-likeness (QED) is 0.768. The van der Waals surface area contributed by atoms with E-state index in [-0.39, 0.29) is 12.2 Å². The van der Waals surface area contributed by atoms with Crippen LogP contribution in [0.3, 0.4) is 0 Å². The fraction of sp³-hybridized carbons (Fsp3) is 0.917. The minimum Gasteiger partial charge on any atom is -0.389 e.